The van der Waals surface area contributed by atoms with Gasteiger partial charge in [-0.1, -0.05) is 60.1 Å². The van der Waals surface area contributed by atoms with Crippen LogP contribution in [0.1, 0.15) is 25.0 Å². The number of nitrogens with one attached hydrogen (secondary N) is 3. The van der Waals surface area contributed by atoms with Gasteiger partial charge in [0.25, 0.3) is 5.91 Å². The van der Waals surface area contributed by atoms with E-state index < -0.39 is 18.0 Å². The first-order valence-corrected chi connectivity index (χ1v) is 10.8. The molecule has 0 saturated heterocycles. The van der Waals surface area contributed by atoms with Gasteiger partial charge in [0, 0.05) is 28.0 Å². The van der Waals surface area contributed by atoms with Crippen LogP contribution in [0.4, 0.5) is 4.79 Å². The Labute approximate surface area is 189 Å². The number of halogens is 1. The molecule has 0 aliphatic rings. The molecule has 1 atom stereocenters. The van der Waals surface area contributed by atoms with Gasteiger partial charge in [-0.3, -0.25) is 4.79 Å². The van der Waals surface area contributed by atoms with Crippen molar-refractivity contribution in [2.24, 2.45) is 11.0 Å². The molecule has 0 saturated carbocycles. The highest BCUT2D eigenvalue weighted by atomic mass is 79.9. The Kier molecular flexibility index (Phi) is 7.83. The second-order valence-corrected chi connectivity index (χ2v) is 8.46. The van der Waals surface area contributed by atoms with Gasteiger partial charge in [-0.05, 0) is 35.2 Å². The number of para-hydroxylation sites is 1. The van der Waals surface area contributed by atoms with Gasteiger partial charge in [0.15, 0.2) is 0 Å². The number of aromatic amines is 1. The van der Waals surface area contributed by atoms with E-state index >= 15 is 0 Å². The second kappa shape index (κ2) is 10.8. The van der Waals surface area contributed by atoms with Crippen LogP contribution in [0.2, 0.25) is 0 Å². The normalized spacial score (nSPS) is 12.3. The summed E-state index contributed by atoms with van der Waals surface area (Å²) in [4.78, 5) is 28.2. The Morgan fingerprint density at radius 3 is 2.77 bits per heavy atom. The fourth-order valence-corrected chi connectivity index (χ4v) is 3.41. The van der Waals surface area contributed by atoms with Crippen LogP contribution in [0.5, 0.6) is 0 Å². The maximum Gasteiger partial charge on any atom is 0.407 e. The number of hydrazone groups is 1. The third kappa shape index (κ3) is 6.68. The number of rotatable bonds is 8. The summed E-state index contributed by atoms with van der Waals surface area (Å²) in [6, 6.07) is 14.5. The minimum absolute atomic E-state index is 0.196. The number of alkyl carbamates (subject to hydrolysis) is 1. The zero-order valence-electron chi connectivity index (χ0n) is 17.4. The van der Waals surface area contributed by atoms with Crippen LogP contribution in [-0.2, 0) is 16.0 Å². The molecule has 0 unspecified atom stereocenters. The molecule has 8 heteroatoms. The number of H-pyrrole nitrogens is 1. The zero-order chi connectivity index (χ0) is 22.2. The van der Waals surface area contributed by atoms with Crippen LogP contribution in [0, 0.1) is 5.92 Å². The molecule has 1 heterocycles. The molecule has 162 valence electrons. The predicted octanol–water partition coefficient (Wildman–Crippen LogP) is 4.37. The van der Waals surface area contributed by atoms with E-state index in [4.69, 9.17) is 4.74 Å². The maximum atomic E-state index is 12.8. The minimum atomic E-state index is -0.849. The first-order valence-electron chi connectivity index (χ1n) is 9.99. The Balaban J connectivity index is 1.72. The van der Waals surface area contributed by atoms with Crippen LogP contribution in [-0.4, -0.2) is 35.8 Å². The number of nitrogens with zero attached hydrogens (tertiary/aromatic N) is 1. The van der Waals surface area contributed by atoms with Crippen LogP contribution < -0.4 is 10.7 Å². The first-order chi connectivity index (χ1) is 14.9. The van der Waals surface area contributed by atoms with Crippen LogP contribution >= 0.6 is 15.9 Å². The quantitative estimate of drug-likeness (QED) is 0.327. The van der Waals surface area contributed by atoms with E-state index in [1.54, 1.807) is 6.21 Å². The SMILES string of the molecule is CC(C)COC(=O)N[C@@H](Cc1c[nH]c2ccccc12)C(=O)N/N=C\c1cccc(Br)c1. The van der Waals surface area contributed by atoms with Gasteiger partial charge in [0.2, 0.25) is 0 Å². The highest BCUT2D eigenvalue weighted by Crippen LogP contribution is 2.19. The zero-order valence-corrected chi connectivity index (χ0v) is 19.0. The highest BCUT2D eigenvalue weighted by Gasteiger charge is 2.23. The lowest BCUT2D eigenvalue weighted by Crippen LogP contribution is -2.47. The standard InChI is InChI=1S/C23H25BrN4O3/c1-15(2)14-31-23(30)27-21(11-17-13-25-20-9-4-3-8-19(17)20)22(29)28-26-12-16-6-5-7-18(24)10-16/h3-10,12-13,15,21,25H,11,14H2,1-2H3,(H,27,30)(H,28,29)/b26-12-/t21-/m0/s1. The van der Waals surface area contributed by atoms with Crippen molar-refractivity contribution in [1.29, 1.82) is 0 Å². The van der Waals surface area contributed by atoms with E-state index in [1.807, 2.05) is 68.6 Å². The molecule has 31 heavy (non-hydrogen) atoms. The fourth-order valence-electron chi connectivity index (χ4n) is 2.99. The molecule has 0 aliphatic heterocycles. The van der Waals surface area contributed by atoms with E-state index in [2.05, 4.69) is 36.8 Å². The number of carbonyl (C=O) groups excluding carboxylic acids is 2. The molecule has 2 amide bonds. The molecule has 7 nitrogen and oxygen atoms in total. The minimum Gasteiger partial charge on any atom is -0.449 e. The Hall–Kier alpha value is -3.13. The van der Waals surface area contributed by atoms with Gasteiger partial charge in [0.05, 0.1) is 12.8 Å². The second-order valence-electron chi connectivity index (χ2n) is 7.54. The Morgan fingerprint density at radius 2 is 2.00 bits per heavy atom. The molecule has 0 bridgehead atoms. The number of amides is 2. The van der Waals surface area contributed by atoms with Gasteiger partial charge in [0.1, 0.15) is 6.04 Å². The van der Waals surface area contributed by atoms with Crippen molar-refractivity contribution in [2.45, 2.75) is 26.3 Å². The molecule has 0 fully saturated rings. The van der Waals surface area contributed by atoms with E-state index in [1.165, 1.54) is 0 Å². The van der Waals surface area contributed by atoms with Crippen molar-refractivity contribution in [2.75, 3.05) is 6.61 Å². The van der Waals surface area contributed by atoms with Gasteiger partial charge in [-0.2, -0.15) is 5.10 Å². The number of hydrogen-bond acceptors (Lipinski definition) is 4. The summed E-state index contributed by atoms with van der Waals surface area (Å²) >= 11 is 3.40. The largest absolute Gasteiger partial charge is 0.449 e. The lowest BCUT2D eigenvalue weighted by Gasteiger charge is -2.17. The molecular weight excluding hydrogens is 460 g/mol. The van der Waals surface area contributed by atoms with E-state index in [0.29, 0.717) is 6.42 Å². The summed E-state index contributed by atoms with van der Waals surface area (Å²) in [5.74, 6) is -0.237. The number of benzene rings is 2. The summed E-state index contributed by atoms with van der Waals surface area (Å²) in [7, 11) is 0. The van der Waals surface area contributed by atoms with Crippen LogP contribution in [0.25, 0.3) is 10.9 Å². The topological polar surface area (TPSA) is 95.6 Å². The smallest absolute Gasteiger partial charge is 0.407 e. The summed E-state index contributed by atoms with van der Waals surface area (Å²) < 4.78 is 6.11. The molecule has 0 spiro atoms. The van der Waals surface area contributed by atoms with E-state index in [0.717, 1.165) is 26.5 Å². The van der Waals surface area contributed by atoms with Crippen molar-refractivity contribution in [3.8, 4) is 0 Å². The fraction of sp³-hybridized carbons (Fsp3) is 0.261. The molecular formula is C23H25BrN4O3. The van der Waals surface area contributed by atoms with Gasteiger partial charge in [-0.25, -0.2) is 10.2 Å². The van der Waals surface area contributed by atoms with Crippen molar-refractivity contribution in [1.82, 2.24) is 15.7 Å². The monoisotopic (exact) mass is 484 g/mol. The number of hydrogen-bond donors (Lipinski definition) is 3. The maximum absolute atomic E-state index is 12.8. The summed E-state index contributed by atoms with van der Waals surface area (Å²) in [5.41, 5.74) is 5.22. The number of aromatic nitrogens is 1. The van der Waals surface area contributed by atoms with Gasteiger partial charge in [-0.15, -0.1) is 0 Å². The summed E-state index contributed by atoms with van der Waals surface area (Å²) in [5, 5.41) is 7.69. The summed E-state index contributed by atoms with van der Waals surface area (Å²) in [6.45, 7) is 4.16. The van der Waals surface area contributed by atoms with Crippen LogP contribution in [0.15, 0.2) is 64.3 Å². The van der Waals surface area contributed by atoms with Crippen molar-refractivity contribution >= 4 is 45.0 Å². The molecule has 3 rings (SSSR count). The number of ether oxygens (including phenoxy) is 1. The average molecular weight is 485 g/mol. The lowest BCUT2D eigenvalue weighted by molar-refractivity contribution is -0.123. The van der Waals surface area contributed by atoms with Crippen LogP contribution in [0.3, 0.4) is 0 Å². The molecule has 0 radical (unpaired) electrons. The number of fused-ring (bicyclic) bond motifs is 1. The van der Waals surface area contributed by atoms with Gasteiger partial charge >= 0.3 is 6.09 Å². The summed E-state index contributed by atoms with van der Waals surface area (Å²) in [6.07, 6.45) is 3.04. The first kappa shape index (κ1) is 22.6. The van der Waals surface area contributed by atoms with E-state index in [-0.39, 0.29) is 12.5 Å². The van der Waals surface area contributed by atoms with Crippen molar-refractivity contribution in [3.05, 3.63) is 70.3 Å². The lowest BCUT2D eigenvalue weighted by atomic mass is 10.0. The molecule has 2 aromatic carbocycles. The molecule has 3 aromatic rings. The molecule has 0 aliphatic carbocycles. The third-order valence-electron chi connectivity index (χ3n) is 4.49. The molecule has 1 aromatic heterocycles. The average Bonchev–Trinajstić information content (AvgIpc) is 3.15. The van der Waals surface area contributed by atoms with E-state index in [9.17, 15) is 9.59 Å². The Morgan fingerprint density at radius 1 is 1.19 bits per heavy atom. The highest BCUT2D eigenvalue weighted by molar-refractivity contribution is 9.10. The molecule has 3 N–H and O–H groups in total. The third-order valence-corrected chi connectivity index (χ3v) is 4.99. The predicted molar refractivity (Wildman–Crippen MR) is 125 cm³/mol. The number of carbonyl (C=O) groups is 2. The van der Waals surface area contributed by atoms with Crippen molar-refractivity contribution in [3.63, 3.8) is 0 Å². The van der Waals surface area contributed by atoms with Gasteiger partial charge < -0.3 is 15.0 Å². The van der Waals surface area contributed by atoms with Crippen molar-refractivity contribution < 1.29 is 14.3 Å². The Bertz CT molecular complexity index is 1080.